The Morgan fingerprint density at radius 1 is 1.07 bits per heavy atom. The molecule has 0 unspecified atom stereocenters. The average Bonchev–Trinajstić information content (AvgIpc) is 3.11. The summed E-state index contributed by atoms with van der Waals surface area (Å²) in [6.07, 6.45) is 0. The van der Waals surface area contributed by atoms with E-state index in [0.717, 1.165) is 51.9 Å². The van der Waals surface area contributed by atoms with Crippen LogP contribution in [0.4, 0.5) is 0 Å². The van der Waals surface area contributed by atoms with Crippen molar-refractivity contribution in [1.29, 1.82) is 0 Å². The van der Waals surface area contributed by atoms with E-state index in [4.69, 9.17) is 9.73 Å². The fraction of sp³-hybridized carbons (Fsp3) is 0.476. The van der Waals surface area contributed by atoms with Crippen LogP contribution in [0.25, 0.3) is 0 Å². The van der Waals surface area contributed by atoms with E-state index in [-0.39, 0.29) is 24.0 Å². The summed E-state index contributed by atoms with van der Waals surface area (Å²) in [6.45, 7) is 11.3. The minimum absolute atomic E-state index is 0. The van der Waals surface area contributed by atoms with Crippen LogP contribution in [-0.2, 0) is 24.4 Å². The number of aliphatic imine (C=N–C) groups is 1. The van der Waals surface area contributed by atoms with E-state index in [1.807, 2.05) is 11.3 Å². The monoisotopic (exact) mass is 514 g/mol. The maximum Gasteiger partial charge on any atom is 0.191 e. The highest BCUT2D eigenvalue weighted by molar-refractivity contribution is 14.0. The van der Waals surface area contributed by atoms with Crippen molar-refractivity contribution in [2.24, 2.45) is 4.99 Å². The van der Waals surface area contributed by atoms with E-state index >= 15 is 0 Å². The Hall–Kier alpha value is -1.16. The molecule has 0 amide bonds. The number of hydrogen-bond donors (Lipinski definition) is 2. The molecule has 0 radical (unpaired) electrons. The van der Waals surface area contributed by atoms with Gasteiger partial charge in [0.05, 0.1) is 26.3 Å². The first-order valence-electron chi connectivity index (χ1n) is 9.68. The third-order valence-electron chi connectivity index (χ3n) is 4.52. The molecule has 7 heteroatoms. The molecule has 1 aromatic carbocycles. The molecule has 1 saturated heterocycles. The Balaban J connectivity index is 0.00000280. The summed E-state index contributed by atoms with van der Waals surface area (Å²) in [7, 11) is 0. The summed E-state index contributed by atoms with van der Waals surface area (Å²) in [6, 6.07) is 13.1. The van der Waals surface area contributed by atoms with Crippen LogP contribution in [-0.4, -0.2) is 43.7 Å². The summed E-state index contributed by atoms with van der Waals surface area (Å²) in [5.74, 6) is 0.862. The molecule has 1 aromatic heterocycles. The summed E-state index contributed by atoms with van der Waals surface area (Å²) < 4.78 is 5.41. The Bertz CT molecular complexity index is 726. The standard InChI is InChI=1S/C21H30N4OS.HI/c1-3-22-21(24-15-20-9-4-17(2)27-20)23-14-18-5-7-19(8-6-18)16-25-10-12-26-13-11-25;/h4-9H,3,10-16H2,1-2H3,(H2,22,23,24);1H. The number of ether oxygens (including phenoxy) is 1. The van der Waals surface area contributed by atoms with Gasteiger partial charge in [-0.3, -0.25) is 4.90 Å². The van der Waals surface area contributed by atoms with Crippen LogP contribution in [0.3, 0.4) is 0 Å². The van der Waals surface area contributed by atoms with Crippen LogP contribution < -0.4 is 10.6 Å². The maximum absolute atomic E-state index is 5.41. The number of hydrogen-bond acceptors (Lipinski definition) is 4. The first-order chi connectivity index (χ1) is 13.2. The molecule has 0 spiro atoms. The van der Waals surface area contributed by atoms with Crippen molar-refractivity contribution in [2.75, 3.05) is 32.8 Å². The molecule has 3 rings (SSSR count). The summed E-state index contributed by atoms with van der Waals surface area (Å²) >= 11 is 1.82. The lowest BCUT2D eigenvalue weighted by molar-refractivity contribution is 0.0342. The molecular weight excluding hydrogens is 483 g/mol. The predicted octanol–water partition coefficient (Wildman–Crippen LogP) is 3.76. The van der Waals surface area contributed by atoms with E-state index in [2.05, 4.69) is 65.8 Å². The minimum atomic E-state index is 0. The van der Waals surface area contributed by atoms with E-state index < -0.39 is 0 Å². The normalized spacial score (nSPS) is 15.1. The molecule has 154 valence electrons. The Morgan fingerprint density at radius 3 is 2.43 bits per heavy atom. The number of nitrogens with one attached hydrogen (secondary N) is 2. The quantitative estimate of drug-likeness (QED) is 0.336. The molecule has 5 nitrogen and oxygen atoms in total. The van der Waals surface area contributed by atoms with Gasteiger partial charge in [0.15, 0.2) is 5.96 Å². The van der Waals surface area contributed by atoms with Crippen molar-refractivity contribution >= 4 is 41.3 Å². The lowest BCUT2D eigenvalue weighted by Crippen LogP contribution is -2.36. The van der Waals surface area contributed by atoms with Crippen LogP contribution in [0, 0.1) is 6.92 Å². The SMILES string of the molecule is CCNC(=NCc1ccc(CN2CCOCC2)cc1)NCc1ccc(C)s1.I. The number of halogens is 1. The summed E-state index contributed by atoms with van der Waals surface area (Å²) in [4.78, 5) is 9.83. The van der Waals surface area contributed by atoms with Crippen LogP contribution in [0.1, 0.15) is 27.8 Å². The molecule has 0 atom stereocenters. The molecule has 1 fully saturated rings. The van der Waals surface area contributed by atoms with Gasteiger partial charge in [0.2, 0.25) is 0 Å². The fourth-order valence-corrected chi connectivity index (χ4v) is 3.86. The summed E-state index contributed by atoms with van der Waals surface area (Å²) in [5, 5.41) is 6.74. The zero-order valence-electron chi connectivity index (χ0n) is 16.7. The second-order valence-electron chi connectivity index (χ2n) is 6.77. The number of thiophene rings is 1. The first-order valence-corrected chi connectivity index (χ1v) is 10.5. The zero-order valence-corrected chi connectivity index (χ0v) is 19.9. The molecule has 2 N–H and O–H groups in total. The fourth-order valence-electron chi connectivity index (χ4n) is 3.03. The molecule has 2 heterocycles. The molecule has 28 heavy (non-hydrogen) atoms. The van der Waals surface area contributed by atoms with Gasteiger partial charge < -0.3 is 15.4 Å². The second-order valence-corrected chi connectivity index (χ2v) is 8.14. The van der Waals surface area contributed by atoms with Gasteiger partial charge in [-0.2, -0.15) is 0 Å². The lowest BCUT2D eigenvalue weighted by atomic mass is 10.1. The second kappa shape index (κ2) is 12.4. The largest absolute Gasteiger partial charge is 0.379 e. The average molecular weight is 514 g/mol. The van der Waals surface area contributed by atoms with Crippen molar-refractivity contribution < 1.29 is 4.74 Å². The lowest BCUT2D eigenvalue weighted by Gasteiger charge is -2.26. The number of benzene rings is 1. The molecule has 1 aliphatic heterocycles. The molecule has 0 saturated carbocycles. The van der Waals surface area contributed by atoms with Gasteiger partial charge in [0, 0.05) is 35.9 Å². The highest BCUT2D eigenvalue weighted by atomic mass is 127. The molecule has 0 bridgehead atoms. The van der Waals surface area contributed by atoms with E-state index in [1.165, 1.54) is 20.9 Å². The Labute approximate surface area is 189 Å². The molecular formula is C21H31IN4OS. The number of aryl methyl sites for hydroxylation is 1. The van der Waals surface area contributed by atoms with Crippen LogP contribution >= 0.6 is 35.3 Å². The van der Waals surface area contributed by atoms with E-state index in [9.17, 15) is 0 Å². The van der Waals surface area contributed by atoms with Gasteiger partial charge in [-0.1, -0.05) is 24.3 Å². The maximum atomic E-state index is 5.41. The number of morpholine rings is 1. The Kier molecular flexibility index (Phi) is 10.3. The summed E-state index contributed by atoms with van der Waals surface area (Å²) in [5.41, 5.74) is 2.58. The topological polar surface area (TPSA) is 48.9 Å². The molecule has 0 aliphatic carbocycles. The number of guanidine groups is 1. The van der Waals surface area contributed by atoms with Gasteiger partial charge in [-0.05, 0) is 37.1 Å². The van der Waals surface area contributed by atoms with Crippen molar-refractivity contribution in [3.05, 3.63) is 57.3 Å². The van der Waals surface area contributed by atoms with Crippen molar-refractivity contribution in [1.82, 2.24) is 15.5 Å². The van der Waals surface area contributed by atoms with Crippen molar-refractivity contribution in [3.63, 3.8) is 0 Å². The predicted molar refractivity (Wildman–Crippen MR) is 129 cm³/mol. The number of rotatable bonds is 7. The third kappa shape index (κ3) is 7.69. The van der Waals surface area contributed by atoms with Crippen LogP contribution in [0.5, 0.6) is 0 Å². The van der Waals surface area contributed by atoms with Gasteiger partial charge in [-0.15, -0.1) is 35.3 Å². The highest BCUT2D eigenvalue weighted by Gasteiger charge is 2.10. The van der Waals surface area contributed by atoms with E-state index in [0.29, 0.717) is 6.54 Å². The first kappa shape index (κ1) is 23.1. The van der Waals surface area contributed by atoms with Crippen molar-refractivity contribution in [3.8, 4) is 0 Å². The van der Waals surface area contributed by atoms with Crippen LogP contribution in [0.2, 0.25) is 0 Å². The Morgan fingerprint density at radius 2 is 1.79 bits per heavy atom. The highest BCUT2D eigenvalue weighted by Crippen LogP contribution is 2.14. The van der Waals surface area contributed by atoms with Crippen LogP contribution in [0.15, 0.2) is 41.4 Å². The smallest absolute Gasteiger partial charge is 0.191 e. The minimum Gasteiger partial charge on any atom is -0.379 e. The van der Waals surface area contributed by atoms with Gasteiger partial charge in [0.1, 0.15) is 0 Å². The zero-order chi connectivity index (χ0) is 18.9. The van der Waals surface area contributed by atoms with Crippen molar-refractivity contribution in [2.45, 2.75) is 33.5 Å². The number of nitrogens with zero attached hydrogens (tertiary/aromatic N) is 2. The van der Waals surface area contributed by atoms with Gasteiger partial charge in [-0.25, -0.2) is 4.99 Å². The molecule has 2 aromatic rings. The third-order valence-corrected chi connectivity index (χ3v) is 5.52. The van der Waals surface area contributed by atoms with Gasteiger partial charge in [0.25, 0.3) is 0 Å². The molecule has 1 aliphatic rings. The van der Waals surface area contributed by atoms with E-state index in [1.54, 1.807) is 0 Å². The van der Waals surface area contributed by atoms with Gasteiger partial charge >= 0.3 is 0 Å².